The minimum absolute atomic E-state index is 0. The minimum atomic E-state index is -1.08. The van der Waals surface area contributed by atoms with Gasteiger partial charge in [-0.2, -0.15) is 0 Å². The fourth-order valence-corrected chi connectivity index (χ4v) is 0.370. The summed E-state index contributed by atoms with van der Waals surface area (Å²) >= 11 is 0. The van der Waals surface area contributed by atoms with Gasteiger partial charge < -0.3 is 15.7 Å². The molecule has 4 N–H and O–H groups in total. The summed E-state index contributed by atoms with van der Waals surface area (Å²) in [7, 11) is 0. The molecule has 0 spiro atoms. The summed E-state index contributed by atoms with van der Waals surface area (Å²) in [6.45, 7) is 2.92. The summed E-state index contributed by atoms with van der Waals surface area (Å²) in [6.07, 6.45) is -0.201. The zero-order valence-electron chi connectivity index (χ0n) is 5.51. The van der Waals surface area contributed by atoms with Crippen molar-refractivity contribution in [3.8, 4) is 0 Å². The number of hydrogen-bond donors (Lipinski definition) is 2. The summed E-state index contributed by atoms with van der Waals surface area (Å²) in [6, 6.07) is 0. The van der Waals surface area contributed by atoms with Crippen LogP contribution in [0.25, 0.3) is 0 Å². The standard InChI is InChI=1S/C5H10O3.Ca.H2O.2H/c1-5(2,8)3-4(6)7;;;;/h8H,3H2,1-2H3,(H,6,7);;1H2;;. The van der Waals surface area contributed by atoms with Crippen molar-refractivity contribution in [1.82, 2.24) is 0 Å². The molecule has 0 saturated carbocycles. The predicted octanol–water partition coefficient (Wildman–Crippen LogP) is -1.51. The van der Waals surface area contributed by atoms with E-state index in [0.717, 1.165) is 0 Å². The number of carboxylic acids is 1. The normalized spacial score (nSPS) is 9.10. The van der Waals surface area contributed by atoms with Gasteiger partial charge in [0.15, 0.2) is 0 Å². The summed E-state index contributed by atoms with van der Waals surface area (Å²) < 4.78 is 0. The molecule has 0 aliphatic rings. The van der Waals surface area contributed by atoms with Gasteiger partial charge in [-0.15, -0.1) is 0 Å². The quantitative estimate of drug-likeness (QED) is 0.504. The van der Waals surface area contributed by atoms with Crippen LogP contribution in [0.15, 0.2) is 0 Å². The number of carboxylic acid groups (broad SMARTS) is 1. The van der Waals surface area contributed by atoms with E-state index >= 15 is 0 Å². The number of rotatable bonds is 2. The van der Waals surface area contributed by atoms with Crippen LogP contribution in [0.4, 0.5) is 0 Å². The molecule has 0 atom stereocenters. The Labute approximate surface area is 89.5 Å². The Balaban J connectivity index is -0.000000245. The van der Waals surface area contributed by atoms with Gasteiger partial charge in [-0.05, 0) is 13.8 Å². The van der Waals surface area contributed by atoms with Gasteiger partial charge in [-0.3, -0.25) is 4.79 Å². The van der Waals surface area contributed by atoms with E-state index in [0.29, 0.717) is 0 Å². The van der Waals surface area contributed by atoms with Crippen molar-refractivity contribution in [2.24, 2.45) is 0 Å². The average Bonchev–Trinajstić information content (AvgIpc) is 1.21. The molecule has 0 bridgehead atoms. The van der Waals surface area contributed by atoms with E-state index in [1.807, 2.05) is 0 Å². The van der Waals surface area contributed by atoms with Crippen molar-refractivity contribution in [2.75, 3.05) is 0 Å². The second-order valence-corrected chi connectivity index (χ2v) is 2.38. The Hall–Kier alpha value is 0.650. The molecule has 0 amide bonds. The second-order valence-electron chi connectivity index (χ2n) is 2.38. The third kappa shape index (κ3) is 15.9. The van der Waals surface area contributed by atoms with Gasteiger partial charge in [0.25, 0.3) is 0 Å². The molecular formula is C5H14CaO4. The Morgan fingerprint density at radius 2 is 1.80 bits per heavy atom. The van der Waals surface area contributed by atoms with Crippen LogP contribution in [-0.4, -0.2) is 65.0 Å². The summed E-state index contributed by atoms with van der Waals surface area (Å²) in [5.74, 6) is -0.975. The van der Waals surface area contributed by atoms with Crippen LogP contribution < -0.4 is 0 Å². The van der Waals surface area contributed by atoms with Gasteiger partial charge in [-0.1, -0.05) is 0 Å². The summed E-state index contributed by atoms with van der Waals surface area (Å²) in [5, 5.41) is 16.9. The molecule has 0 aliphatic heterocycles. The van der Waals surface area contributed by atoms with Gasteiger partial charge in [0.1, 0.15) is 0 Å². The molecule has 0 radical (unpaired) electrons. The topological polar surface area (TPSA) is 89.0 Å². The monoisotopic (exact) mass is 178 g/mol. The molecule has 0 fully saturated rings. The van der Waals surface area contributed by atoms with Crippen molar-refractivity contribution in [2.45, 2.75) is 25.9 Å². The zero-order chi connectivity index (χ0) is 6.78. The van der Waals surface area contributed by atoms with Crippen LogP contribution in [0.5, 0.6) is 0 Å². The Morgan fingerprint density at radius 1 is 1.50 bits per heavy atom. The first-order valence-corrected chi connectivity index (χ1v) is 2.36. The van der Waals surface area contributed by atoms with Crippen LogP contribution in [0, 0.1) is 0 Å². The van der Waals surface area contributed by atoms with Crippen LogP contribution in [0.1, 0.15) is 20.3 Å². The Kier molecular flexibility index (Phi) is 10.8. The number of hydrogen-bond acceptors (Lipinski definition) is 2. The fourth-order valence-electron chi connectivity index (χ4n) is 0.370. The molecule has 5 heteroatoms. The Bertz CT molecular complexity index is 96.3. The average molecular weight is 178 g/mol. The first-order chi connectivity index (χ1) is 3.42. The summed E-state index contributed by atoms with van der Waals surface area (Å²) in [5.41, 5.74) is -1.08. The van der Waals surface area contributed by atoms with E-state index in [2.05, 4.69) is 0 Å². The molecule has 0 aliphatic carbocycles. The van der Waals surface area contributed by atoms with Gasteiger partial charge in [-0.25, -0.2) is 0 Å². The molecule has 0 aromatic heterocycles. The van der Waals surface area contributed by atoms with Crippen molar-refractivity contribution in [3.63, 3.8) is 0 Å². The van der Waals surface area contributed by atoms with E-state index in [4.69, 9.17) is 10.2 Å². The van der Waals surface area contributed by atoms with E-state index in [1.165, 1.54) is 13.8 Å². The molecule has 0 aromatic rings. The van der Waals surface area contributed by atoms with Gasteiger partial charge >= 0.3 is 43.7 Å². The maximum absolute atomic E-state index is 9.85. The Morgan fingerprint density at radius 3 is 1.80 bits per heavy atom. The van der Waals surface area contributed by atoms with Gasteiger partial charge in [0.05, 0.1) is 12.0 Å². The molecule has 0 aromatic carbocycles. The molecule has 0 rings (SSSR count). The van der Waals surface area contributed by atoms with Crippen molar-refractivity contribution in [1.29, 1.82) is 0 Å². The second kappa shape index (κ2) is 6.37. The fraction of sp³-hybridized carbons (Fsp3) is 0.800. The molecule has 0 unspecified atom stereocenters. The zero-order valence-corrected chi connectivity index (χ0v) is 5.51. The number of aliphatic carboxylic acids is 1. The van der Waals surface area contributed by atoms with E-state index < -0.39 is 11.6 Å². The van der Waals surface area contributed by atoms with Crippen LogP contribution in [0.2, 0.25) is 0 Å². The summed E-state index contributed by atoms with van der Waals surface area (Å²) in [4.78, 5) is 9.85. The van der Waals surface area contributed by atoms with Crippen LogP contribution >= 0.6 is 0 Å². The number of aliphatic hydroxyl groups is 1. The van der Waals surface area contributed by atoms with Crippen LogP contribution in [-0.2, 0) is 4.79 Å². The number of carbonyl (C=O) groups is 1. The van der Waals surface area contributed by atoms with E-state index in [1.54, 1.807) is 0 Å². The van der Waals surface area contributed by atoms with Gasteiger partial charge in [0, 0.05) is 0 Å². The molecule has 4 nitrogen and oxygen atoms in total. The molecule has 60 valence electrons. The maximum atomic E-state index is 9.85. The van der Waals surface area contributed by atoms with Crippen LogP contribution in [0.3, 0.4) is 0 Å². The third-order valence-electron chi connectivity index (χ3n) is 0.584. The van der Waals surface area contributed by atoms with E-state index in [9.17, 15) is 4.79 Å². The van der Waals surface area contributed by atoms with Gasteiger partial charge in [0.2, 0.25) is 0 Å². The predicted molar refractivity (Wildman–Crippen MR) is 40.7 cm³/mol. The third-order valence-corrected chi connectivity index (χ3v) is 0.584. The van der Waals surface area contributed by atoms with Crippen molar-refractivity contribution < 1.29 is 20.5 Å². The van der Waals surface area contributed by atoms with Crippen molar-refractivity contribution >= 4 is 43.7 Å². The SMILES string of the molecule is CC(C)(O)CC(=O)O.O.[CaH2]. The molecule has 10 heavy (non-hydrogen) atoms. The first-order valence-electron chi connectivity index (χ1n) is 2.36. The van der Waals surface area contributed by atoms with Crippen molar-refractivity contribution in [3.05, 3.63) is 0 Å². The first kappa shape index (κ1) is 16.9. The molecular weight excluding hydrogens is 164 g/mol. The van der Waals surface area contributed by atoms with E-state index in [-0.39, 0.29) is 49.6 Å². The molecule has 0 saturated heterocycles. The molecule has 0 heterocycles.